The Morgan fingerprint density at radius 1 is 1.27 bits per heavy atom. The first kappa shape index (κ1) is 19.3. The molecule has 8 nitrogen and oxygen atoms in total. The van der Waals surface area contributed by atoms with Crippen molar-refractivity contribution in [2.24, 2.45) is 0 Å². The number of carbonyl (C=O) groups is 2. The van der Waals surface area contributed by atoms with Crippen LogP contribution < -0.4 is 5.32 Å². The first-order chi connectivity index (χ1) is 14.6. The number of amides is 2. The fourth-order valence-corrected chi connectivity index (χ4v) is 3.54. The Morgan fingerprint density at radius 2 is 2.13 bits per heavy atom. The number of nitrogens with one attached hydrogen (secondary N) is 1. The van der Waals surface area contributed by atoms with Gasteiger partial charge in [-0.2, -0.15) is 5.26 Å². The van der Waals surface area contributed by atoms with Crippen molar-refractivity contribution in [3.05, 3.63) is 83.2 Å². The highest BCUT2D eigenvalue weighted by Crippen LogP contribution is 2.26. The van der Waals surface area contributed by atoms with Gasteiger partial charge in [0, 0.05) is 43.8 Å². The van der Waals surface area contributed by atoms with Crippen LogP contribution in [0.3, 0.4) is 0 Å². The van der Waals surface area contributed by atoms with Gasteiger partial charge in [-0.1, -0.05) is 12.1 Å². The van der Waals surface area contributed by atoms with Gasteiger partial charge in [-0.05, 0) is 36.8 Å². The number of carbonyl (C=O) groups excluding carboxylic acids is 2. The van der Waals surface area contributed by atoms with Gasteiger partial charge < -0.3 is 14.8 Å². The molecule has 1 aromatic carbocycles. The SMILES string of the molecule is C[C@@H]1c2nc(C(=O)NCc3cccnc3)cn2CCN1C(=O)c1cccc(C#N)c1. The van der Waals surface area contributed by atoms with Crippen LogP contribution in [0.1, 0.15) is 50.8 Å². The fourth-order valence-electron chi connectivity index (χ4n) is 3.54. The van der Waals surface area contributed by atoms with Crippen LogP contribution >= 0.6 is 0 Å². The van der Waals surface area contributed by atoms with Crippen LogP contribution in [-0.2, 0) is 13.1 Å². The maximum atomic E-state index is 13.0. The lowest BCUT2D eigenvalue weighted by Gasteiger charge is -2.33. The number of benzene rings is 1. The standard InChI is InChI=1S/C22H20N6O2/c1-15-20-26-19(21(29)25-13-17-5-3-7-24-12-17)14-27(20)8-9-28(15)22(30)18-6-2-4-16(10-18)11-23/h2-7,10,12,14-15H,8-9,13H2,1H3,(H,25,29)/t15-/m1/s1. The van der Waals surface area contributed by atoms with Crippen LogP contribution in [0, 0.1) is 11.3 Å². The van der Waals surface area contributed by atoms with E-state index < -0.39 is 0 Å². The van der Waals surface area contributed by atoms with Crippen molar-refractivity contribution in [2.45, 2.75) is 26.1 Å². The number of nitrogens with zero attached hydrogens (tertiary/aromatic N) is 5. The van der Waals surface area contributed by atoms with Crippen molar-refractivity contribution in [3.63, 3.8) is 0 Å². The smallest absolute Gasteiger partial charge is 0.271 e. The lowest BCUT2D eigenvalue weighted by Crippen LogP contribution is -2.41. The number of aromatic nitrogens is 3. The highest BCUT2D eigenvalue weighted by Gasteiger charge is 2.31. The maximum Gasteiger partial charge on any atom is 0.271 e. The molecule has 1 aliphatic heterocycles. The van der Waals surface area contributed by atoms with E-state index in [1.807, 2.05) is 23.6 Å². The molecule has 0 bridgehead atoms. The summed E-state index contributed by atoms with van der Waals surface area (Å²) in [6.45, 7) is 3.30. The summed E-state index contributed by atoms with van der Waals surface area (Å²) in [5.41, 5.74) is 2.14. The Balaban J connectivity index is 1.49. The normalized spacial score (nSPS) is 15.2. The lowest BCUT2D eigenvalue weighted by molar-refractivity contribution is 0.0638. The highest BCUT2D eigenvalue weighted by molar-refractivity contribution is 5.95. The molecule has 0 saturated heterocycles. The number of hydrogen-bond donors (Lipinski definition) is 1. The Kier molecular flexibility index (Phi) is 5.26. The van der Waals surface area contributed by atoms with Gasteiger partial charge in [-0.25, -0.2) is 4.98 Å². The third-order valence-electron chi connectivity index (χ3n) is 5.14. The van der Waals surface area contributed by atoms with Crippen LogP contribution in [0.4, 0.5) is 0 Å². The number of rotatable bonds is 4. The van der Waals surface area contributed by atoms with Gasteiger partial charge in [0.2, 0.25) is 0 Å². The fraction of sp³-hybridized carbons (Fsp3) is 0.227. The van der Waals surface area contributed by atoms with Crippen molar-refractivity contribution in [3.8, 4) is 6.07 Å². The van der Waals surface area contributed by atoms with Crippen LogP contribution in [0.15, 0.2) is 55.0 Å². The van der Waals surface area contributed by atoms with Crippen LogP contribution in [0.2, 0.25) is 0 Å². The van der Waals surface area contributed by atoms with E-state index in [9.17, 15) is 9.59 Å². The zero-order valence-corrected chi connectivity index (χ0v) is 16.4. The second-order valence-electron chi connectivity index (χ2n) is 7.09. The number of pyridine rings is 1. The molecule has 2 aromatic heterocycles. The van der Waals surface area contributed by atoms with E-state index in [-0.39, 0.29) is 17.9 Å². The summed E-state index contributed by atoms with van der Waals surface area (Å²) >= 11 is 0. The first-order valence-corrected chi connectivity index (χ1v) is 9.62. The molecule has 0 unspecified atom stereocenters. The Morgan fingerprint density at radius 3 is 2.90 bits per heavy atom. The number of fused-ring (bicyclic) bond motifs is 1. The molecule has 1 N–H and O–H groups in total. The molecular formula is C22H20N6O2. The Labute approximate surface area is 173 Å². The van der Waals surface area contributed by atoms with E-state index in [1.54, 1.807) is 47.8 Å². The van der Waals surface area contributed by atoms with Gasteiger partial charge in [-0.15, -0.1) is 0 Å². The molecule has 150 valence electrons. The zero-order valence-electron chi connectivity index (χ0n) is 16.4. The Hall–Kier alpha value is -3.99. The molecule has 3 aromatic rings. The second-order valence-corrected chi connectivity index (χ2v) is 7.09. The van der Waals surface area contributed by atoms with Crippen LogP contribution in [-0.4, -0.2) is 37.8 Å². The summed E-state index contributed by atoms with van der Waals surface area (Å²) in [6, 6.07) is 12.1. The van der Waals surface area contributed by atoms with Crippen molar-refractivity contribution >= 4 is 11.8 Å². The molecule has 0 aliphatic carbocycles. The van der Waals surface area contributed by atoms with E-state index in [4.69, 9.17) is 5.26 Å². The summed E-state index contributed by atoms with van der Waals surface area (Å²) in [7, 11) is 0. The first-order valence-electron chi connectivity index (χ1n) is 9.62. The monoisotopic (exact) mass is 400 g/mol. The summed E-state index contributed by atoms with van der Waals surface area (Å²) < 4.78 is 1.92. The van der Waals surface area contributed by atoms with Gasteiger partial charge >= 0.3 is 0 Å². The van der Waals surface area contributed by atoms with Crippen LogP contribution in [0.25, 0.3) is 0 Å². The van der Waals surface area contributed by atoms with E-state index in [1.165, 1.54) is 0 Å². The average molecular weight is 400 g/mol. The third-order valence-corrected chi connectivity index (χ3v) is 5.14. The molecule has 2 amide bonds. The minimum Gasteiger partial charge on any atom is -0.347 e. The molecule has 4 rings (SSSR count). The topological polar surface area (TPSA) is 104 Å². The molecule has 0 saturated carbocycles. The summed E-state index contributed by atoms with van der Waals surface area (Å²) in [4.78, 5) is 35.8. The lowest BCUT2D eigenvalue weighted by atomic mass is 10.1. The summed E-state index contributed by atoms with van der Waals surface area (Å²) in [5, 5.41) is 11.9. The van der Waals surface area contributed by atoms with Gasteiger partial charge in [0.25, 0.3) is 11.8 Å². The largest absolute Gasteiger partial charge is 0.347 e. The molecule has 8 heteroatoms. The van der Waals surface area contributed by atoms with E-state index in [0.717, 1.165) is 5.56 Å². The minimum atomic E-state index is -0.295. The van der Waals surface area contributed by atoms with E-state index in [0.29, 0.717) is 42.3 Å². The van der Waals surface area contributed by atoms with Gasteiger partial charge in [0.05, 0.1) is 17.7 Å². The minimum absolute atomic E-state index is 0.156. The zero-order chi connectivity index (χ0) is 21.1. The van der Waals surface area contributed by atoms with Crippen molar-refractivity contribution < 1.29 is 9.59 Å². The highest BCUT2D eigenvalue weighted by atomic mass is 16.2. The molecule has 30 heavy (non-hydrogen) atoms. The van der Waals surface area contributed by atoms with Crippen LogP contribution in [0.5, 0.6) is 0 Å². The van der Waals surface area contributed by atoms with Crippen molar-refractivity contribution in [1.29, 1.82) is 5.26 Å². The predicted octanol–water partition coefficient (Wildman–Crippen LogP) is 2.30. The average Bonchev–Trinajstić information content (AvgIpc) is 3.23. The molecular weight excluding hydrogens is 380 g/mol. The van der Waals surface area contributed by atoms with Crippen molar-refractivity contribution in [2.75, 3.05) is 6.54 Å². The molecule has 3 heterocycles. The number of nitriles is 1. The summed E-state index contributed by atoms with van der Waals surface area (Å²) in [6.07, 6.45) is 5.10. The van der Waals surface area contributed by atoms with E-state index >= 15 is 0 Å². The number of hydrogen-bond acceptors (Lipinski definition) is 5. The number of imidazole rings is 1. The molecule has 0 radical (unpaired) electrons. The van der Waals surface area contributed by atoms with Gasteiger partial charge in [0.1, 0.15) is 11.5 Å². The maximum absolute atomic E-state index is 13.0. The second kappa shape index (κ2) is 8.17. The van der Waals surface area contributed by atoms with Gasteiger partial charge in [-0.3, -0.25) is 14.6 Å². The van der Waals surface area contributed by atoms with Crippen molar-refractivity contribution in [1.82, 2.24) is 24.8 Å². The molecule has 1 atom stereocenters. The Bertz CT molecular complexity index is 1130. The molecule has 0 spiro atoms. The predicted molar refractivity (Wildman–Crippen MR) is 108 cm³/mol. The van der Waals surface area contributed by atoms with Gasteiger partial charge in [0.15, 0.2) is 0 Å². The quantitative estimate of drug-likeness (QED) is 0.724. The third kappa shape index (κ3) is 3.78. The molecule has 1 aliphatic rings. The molecule has 0 fully saturated rings. The summed E-state index contributed by atoms with van der Waals surface area (Å²) in [5.74, 6) is 0.238. The van der Waals surface area contributed by atoms with E-state index in [2.05, 4.69) is 21.4 Å².